The highest BCUT2D eigenvalue weighted by Crippen LogP contribution is 2.61. The molecule has 1 saturated heterocycles. The fourth-order valence-electron chi connectivity index (χ4n) is 6.00. The summed E-state index contributed by atoms with van der Waals surface area (Å²) in [6, 6.07) is 15.4. The van der Waals surface area contributed by atoms with Gasteiger partial charge in [0.2, 0.25) is 11.8 Å². The van der Waals surface area contributed by atoms with Crippen molar-refractivity contribution < 1.29 is 19.1 Å². The second-order valence-corrected chi connectivity index (χ2v) is 9.21. The Bertz CT molecular complexity index is 959. The van der Waals surface area contributed by atoms with Gasteiger partial charge in [-0.3, -0.25) is 14.5 Å². The number of benzene rings is 2. The van der Waals surface area contributed by atoms with Crippen molar-refractivity contribution >= 4 is 17.8 Å². The molecule has 5 nitrogen and oxygen atoms in total. The first-order valence-electron chi connectivity index (χ1n) is 11.2. The summed E-state index contributed by atoms with van der Waals surface area (Å²) in [5.41, 5.74) is 4.53. The zero-order valence-electron chi connectivity index (χ0n) is 18.1. The van der Waals surface area contributed by atoms with E-state index in [0.717, 1.165) is 22.3 Å². The molecule has 0 radical (unpaired) electrons. The Labute approximate surface area is 182 Å². The molecular formula is C26H27NO4. The van der Waals surface area contributed by atoms with Crippen molar-refractivity contribution in [3.05, 3.63) is 70.8 Å². The Morgan fingerprint density at radius 1 is 0.871 bits per heavy atom. The largest absolute Gasteiger partial charge is 0.464 e. The lowest BCUT2D eigenvalue weighted by Gasteiger charge is -2.45. The van der Waals surface area contributed by atoms with E-state index in [1.165, 1.54) is 4.90 Å². The van der Waals surface area contributed by atoms with Crippen LogP contribution in [0.2, 0.25) is 0 Å². The fourth-order valence-corrected chi connectivity index (χ4v) is 6.00. The lowest BCUT2D eigenvalue weighted by atomic mass is 9.55. The highest BCUT2D eigenvalue weighted by molar-refractivity contribution is 6.10. The van der Waals surface area contributed by atoms with E-state index in [-0.39, 0.29) is 36.2 Å². The number of nitrogens with zero attached hydrogens (tertiary/aromatic N) is 1. The van der Waals surface area contributed by atoms with Gasteiger partial charge in [0.25, 0.3) is 0 Å². The maximum atomic E-state index is 13.8. The van der Waals surface area contributed by atoms with Crippen LogP contribution in [0.5, 0.6) is 0 Å². The summed E-state index contributed by atoms with van der Waals surface area (Å²) in [6.07, 6.45) is 0.408. The molecule has 1 fully saturated rings. The maximum absolute atomic E-state index is 13.8. The summed E-state index contributed by atoms with van der Waals surface area (Å²) in [7, 11) is 0. The fraction of sp³-hybridized carbons (Fsp3) is 0.423. The molecule has 4 aliphatic rings. The molecule has 1 heterocycles. The van der Waals surface area contributed by atoms with Crippen LogP contribution in [-0.2, 0) is 19.1 Å². The van der Waals surface area contributed by atoms with Crippen LogP contribution in [0, 0.1) is 17.8 Å². The van der Waals surface area contributed by atoms with Gasteiger partial charge in [-0.15, -0.1) is 0 Å². The number of carbonyl (C=O) groups is 3. The van der Waals surface area contributed by atoms with Gasteiger partial charge in [-0.25, -0.2) is 4.79 Å². The Kier molecular flexibility index (Phi) is 4.72. The average Bonchev–Trinajstić information content (AvgIpc) is 3.03. The van der Waals surface area contributed by atoms with Gasteiger partial charge in [-0.05, 0) is 41.5 Å². The second kappa shape index (κ2) is 7.33. The third kappa shape index (κ3) is 2.79. The van der Waals surface area contributed by atoms with Gasteiger partial charge in [0, 0.05) is 11.8 Å². The van der Waals surface area contributed by atoms with E-state index in [1.54, 1.807) is 6.92 Å². The number of imide groups is 1. The number of rotatable bonds is 5. The van der Waals surface area contributed by atoms with Crippen molar-refractivity contribution in [1.29, 1.82) is 0 Å². The summed E-state index contributed by atoms with van der Waals surface area (Å²) < 4.78 is 5.28. The van der Waals surface area contributed by atoms with Crippen LogP contribution in [0.15, 0.2) is 48.5 Å². The molecule has 3 aliphatic carbocycles. The number of amides is 2. The highest BCUT2D eigenvalue weighted by Gasteiger charge is 2.63. The van der Waals surface area contributed by atoms with Crippen LogP contribution >= 0.6 is 0 Å². The molecule has 31 heavy (non-hydrogen) atoms. The van der Waals surface area contributed by atoms with Crippen molar-refractivity contribution in [1.82, 2.24) is 4.90 Å². The molecule has 2 aromatic carbocycles. The van der Waals surface area contributed by atoms with E-state index < -0.39 is 23.8 Å². The normalized spacial score (nSPS) is 26.5. The summed E-state index contributed by atoms with van der Waals surface area (Å²) in [5.74, 6) is -2.06. The first-order valence-corrected chi connectivity index (χ1v) is 11.2. The quantitative estimate of drug-likeness (QED) is 0.548. The van der Waals surface area contributed by atoms with Crippen molar-refractivity contribution in [2.45, 2.75) is 45.1 Å². The minimum atomic E-state index is -0.865. The molecule has 0 aromatic heterocycles. The number of ether oxygens (including phenoxy) is 1. The van der Waals surface area contributed by atoms with E-state index in [1.807, 2.05) is 38.1 Å². The maximum Gasteiger partial charge on any atom is 0.329 e. The molecule has 2 bridgehead atoms. The predicted octanol–water partition coefficient (Wildman–Crippen LogP) is 3.86. The van der Waals surface area contributed by atoms with Gasteiger partial charge >= 0.3 is 5.97 Å². The zero-order chi connectivity index (χ0) is 21.9. The van der Waals surface area contributed by atoms with Crippen molar-refractivity contribution in [2.24, 2.45) is 17.8 Å². The van der Waals surface area contributed by atoms with Crippen LogP contribution in [0.4, 0.5) is 0 Å². The Morgan fingerprint density at radius 2 is 1.29 bits per heavy atom. The molecule has 1 aliphatic heterocycles. The monoisotopic (exact) mass is 417 g/mol. The molecule has 3 atom stereocenters. The van der Waals surface area contributed by atoms with E-state index in [4.69, 9.17) is 4.74 Å². The van der Waals surface area contributed by atoms with E-state index in [0.29, 0.717) is 6.42 Å². The van der Waals surface area contributed by atoms with Gasteiger partial charge in [-0.1, -0.05) is 62.4 Å². The van der Waals surface area contributed by atoms with Crippen molar-refractivity contribution in [2.75, 3.05) is 6.61 Å². The molecule has 0 N–H and O–H groups in total. The molecular weight excluding hydrogens is 390 g/mol. The van der Waals surface area contributed by atoms with Crippen LogP contribution in [-0.4, -0.2) is 35.3 Å². The molecule has 2 amide bonds. The summed E-state index contributed by atoms with van der Waals surface area (Å²) in [6.45, 7) is 5.93. The van der Waals surface area contributed by atoms with Crippen molar-refractivity contribution in [3.63, 3.8) is 0 Å². The number of hydrogen-bond acceptors (Lipinski definition) is 4. The molecule has 5 heteroatoms. The van der Waals surface area contributed by atoms with Gasteiger partial charge < -0.3 is 4.74 Å². The number of hydrogen-bond donors (Lipinski definition) is 0. The molecule has 0 saturated carbocycles. The Morgan fingerprint density at radius 3 is 1.65 bits per heavy atom. The summed E-state index contributed by atoms with van der Waals surface area (Å²) in [4.78, 5) is 41.6. The van der Waals surface area contributed by atoms with Gasteiger partial charge in [0.05, 0.1) is 18.4 Å². The third-order valence-corrected chi connectivity index (χ3v) is 7.05. The molecule has 0 spiro atoms. The SMILES string of the molecule is CCOC(=O)[C@@H](CC(C)C)N1C(=O)[C@H]2C3c4ccccc4C(c4ccccc43)[C@@H]2C1=O. The predicted molar refractivity (Wildman–Crippen MR) is 115 cm³/mol. The lowest BCUT2D eigenvalue weighted by Crippen LogP contribution is -2.47. The first kappa shape index (κ1) is 20.0. The Hall–Kier alpha value is -2.95. The van der Waals surface area contributed by atoms with Gasteiger partial charge in [-0.2, -0.15) is 0 Å². The van der Waals surface area contributed by atoms with Crippen LogP contribution in [0.1, 0.15) is 61.3 Å². The average molecular weight is 418 g/mol. The molecule has 6 rings (SSSR count). The molecule has 160 valence electrons. The van der Waals surface area contributed by atoms with Gasteiger partial charge in [0.15, 0.2) is 0 Å². The highest BCUT2D eigenvalue weighted by atomic mass is 16.5. The van der Waals surface area contributed by atoms with Gasteiger partial charge in [0.1, 0.15) is 6.04 Å². The standard InChI is InChI=1S/C26H27NO4/c1-4-31-26(30)19(13-14(2)3)27-24(28)22-20-15-9-5-6-10-16(15)21(23(22)25(27)29)18-12-8-7-11-17(18)20/h5-12,14,19-23H,4,13H2,1-3H3/t19-,20?,21?,22+,23+/m1/s1. The molecule has 2 aromatic rings. The number of likely N-dealkylation sites (tertiary alicyclic amines) is 1. The topological polar surface area (TPSA) is 63.7 Å². The second-order valence-electron chi connectivity index (χ2n) is 9.21. The smallest absolute Gasteiger partial charge is 0.329 e. The first-order chi connectivity index (χ1) is 15.0. The minimum Gasteiger partial charge on any atom is -0.464 e. The minimum absolute atomic E-state index is 0.142. The Balaban J connectivity index is 1.64. The van der Waals surface area contributed by atoms with Crippen LogP contribution in [0.25, 0.3) is 0 Å². The van der Waals surface area contributed by atoms with Crippen LogP contribution in [0.3, 0.4) is 0 Å². The lowest BCUT2D eigenvalue weighted by molar-refractivity contribution is -0.159. The van der Waals surface area contributed by atoms with Crippen LogP contribution < -0.4 is 0 Å². The van der Waals surface area contributed by atoms with E-state index in [9.17, 15) is 14.4 Å². The molecule has 0 unspecified atom stereocenters. The van der Waals surface area contributed by atoms with E-state index >= 15 is 0 Å². The number of carbonyl (C=O) groups excluding carboxylic acids is 3. The van der Waals surface area contributed by atoms with E-state index in [2.05, 4.69) is 24.3 Å². The third-order valence-electron chi connectivity index (χ3n) is 7.05. The number of esters is 1. The van der Waals surface area contributed by atoms with Crippen molar-refractivity contribution in [3.8, 4) is 0 Å². The summed E-state index contributed by atoms with van der Waals surface area (Å²) >= 11 is 0. The zero-order valence-corrected chi connectivity index (χ0v) is 18.1. The summed E-state index contributed by atoms with van der Waals surface area (Å²) in [5, 5.41) is 0.